The van der Waals surface area contributed by atoms with Crippen LogP contribution in [0.1, 0.15) is 37.8 Å². The molecule has 0 fully saturated rings. The van der Waals surface area contributed by atoms with Crippen molar-refractivity contribution < 1.29 is 9.53 Å². The maximum absolute atomic E-state index is 11.9. The molecule has 0 saturated heterocycles. The lowest BCUT2D eigenvalue weighted by Gasteiger charge is -2.16. The summed E-state index contributed by atoms with van der Waals surface area (Å²) in [6, 6.07) is 4.19. The van der Waals surface area contributed by atoms with Crippen LogP contribution in [0.3, 0.4) is 0 Å². The molecule has 5 heteroatoms. The molecule has 1 atom stereocenters. The van der Waals surface area contributed by atoms with Gasteiger partial charge in [0.25, 0.3) is 5.91 Å². The van der Waals surface area contributed by atoms with Crippen LogP contribution in [0.15, 0.2) is 16.6 Å². The summed E-state index contributed by atoms with van der Waals surface area (Å²) in [4.78, 5) is 11.9. The fourth-order valence-corrected chi connectivity index (χ4v) is 2.91. The fraction of sp³-hybridized carbons (Fsp3) is 0.562. The van der Waals surface area contributed by atoms with Gasteiger partial charge in [0.05, 0.1) is 0 Å². The molecule has 0 saturated carbocycles. The highest BCUT2D eigenvalue weighted by Crippen LogP contribution is 2.28. The molecule has 0 heterocycles. The van der Waals surface area contributed by atoms with E-state index in [0.29, 0.717) is 6.54 Å². The summed E-state index contributed by atoms with van der Waals surface area (Å²) in [5.41, 5.74) is 2.06. The van der Waals surface area contributed by atoms with E-state index in [0.717, 1.165) is 34.2 Å². The number of amides is 1. The monoisotopic (exact) mass is 356 g/mol. The van der Waals surface area contributed by atoms with Gasteiger partial charge in [0.2, 0.25) is 0 Å². The second-order valence-corrected chi connectivity index (χ2v) is 6.20. The van der Waals surface area contributed by atoms with Crippen molar-refractivity contribution in [2.24, 2.45) is 0 Å². The predicted molar refractivity (Wildman–Crippen MR) is 89.7 cm³/mol. The number of hydrogen-bond acceptors (Lipinski definition) is 3. The third-order valence-electron chi connectivity index (χ3n) is 3.16. The van der Waals surface area contributed by atoms with Crippen molar-refractivity contribution in [1.82, 2.24) is 10.6 Å². The summed E-state index contributed by atoms with van der Waals surface area (Å²) in [5, 5.41) is 6.06. The molecule has 0 spiro atoms. The van der Waals surface area contributed by atoms with Gasteiger partial charge in [-0.1, -0.05) is 29.3 Å². The molecule has 0 bridgehead atoms. The van der Waals surface area contributed by atoms with Crippen LogP contribution in [0, 0.1) is 6.92 Å². The van der Waals surface area contributed by atoms with Gasteiger partial charge < -0.3 is 15.4 Å². The first-order valence-corrected chi connectivity index (χ1v) is 8.13. The topological polar surface area (TPSA) is 50.4 Å². The van der Waals surface area contributed by atoms with Crippen molar-refractivity contribution in [3.8, 4) is 5.75 Å². The smallest absolute Gasteiger partial charge is 0.258 e. The molecule has 118 valence electrons. The van der Waals surface area contributed by atoms with Gasteiger partial charge in [-0.15, -0.1) is 0 Å². The summed E-state index contributed by atoms with van der Waals surface area (Å²) >= 11 is 3.48. The van der Waals surface area contributed by atoms with E-state index < -0.39 is 0 Å². The van der Waals surface area contributed by atoms with Crippen LogP contribution in [0.5, 0.6) is 5.75 Å². The molecule has 2 N–H and O–H groups in total. The molecule has 0 aromatic heterocycles. The van der Waals surface area contributed by atoms with Crippen molar-refractivity contribution in [2.75, 3.05) is 13.7 Å². The maximum atomic E-state index is 11.9. The van der Waals surface area contributed by atoms with Crippen LogP contribution < -0.4 is 15.4 Å². The van der Waals surface area contributed by atoms with Crippen LogP contribution in [-0.2, 0) is 11.3 Å². The van der Waals surface area contributed by atoms with E-state index in [4.69, 9.17) is 4.74 Å². The molecular weight excluding hydrogens is 332 g/mol. The summed E-state index contributed by atoms with van der Waals surface area (Å²) < 4.78 is 6.76. The molecule has 0 aliphatic rings. The number of rotatable bonds is 8. The number of hydrogen-bond donors (Lipinski definition) is 2. The van der Waals surface area contributed by atoms with Crippen LogP contribution in [-0.4, -0.2) is 25.6 Å². The van der Waals surface area contributed by atoms with Gasteiger partial charge in [0.1, 0.15) is 5.75 Å². The van der Waals surface area contributed by atoms with E-state index in [1.807, 2.05) is 33.0 Å². The molecule has 1 aromatic rings. The lowest BCUT2D eigenvalue weighted by atomic mass is 10.1. The van der Waals surface area contributed by atoms with Gasteiger partial charge >= 0.3 is 0 Å². The van der Waals surface area contributed by atoms with Crippen LogP contribution in [0.4, 0.5) is 0 Å². The Labute approximate surface area is 135 Å². The number of halogens is 1. The average Bonchev–Trinajstić information content (AvgIpc) is 2.38. The number of carbonyl (C=O) groups is 1. The van der Waals surface area contributed by atoms with Gasteiger partial charge in [-0.25, -0.2) is 0 Å². The molecule has 0 radical (unpaired) electrons. The first kappa shape index (κ1) is 18.0. The minimum atomic E-state index is -0.0753. The summed E-state index contributed by atoms with van der Waals surface area (Å²) in [6.45, 7) is 6.85. The zero-order valence-corrected chi connectivity index (χ0v) is 14.8. The minimum absolute atomic E-state index is 0.0489. The molecule has 4 nitrogen and oxygen atoms in total. The number of benzene rings is 1. The second kappa shape index (κ2) is 9.05. The molecule has 1 unspecified atom stereocenters. The standard InChI is InChI=1S/C16H25BrN2O2/c1-5-6-12(3)19-15(20)10-21-16-11(2)7-14(17)8-13(16)9-18-4/h7-8,12,18H,5-6,9-10H2,1-4H3,(H,19,20). The number of aryl methyl sites for hydroxylation is 1. The Hall–Kier alpha value is -1.07. The largest absolute Gasteiger partial charge is 0.483 e. The molecule has 1 aromatic carbocycles. The highest BCUT2D eigenvalue weighted by atomic mass is 79.9. The average molecular weight is 357 g/mol. The molecule has 0 aliphatic heterocycles. The Kier molecular flexibility index (Phi) is 7.75. The van der Waals surface area contributed by atoms with E-state index in [-0.39, 0.29) is 18.6 Å². The van der Waals surface area contributed by atoms with E-state index in [1.165, 1.54) is 0 Å². The van der Waals surface area contributed by atoms with E-state index in [2.05, 4.69) is 33.5 Å². The predicted octanol–water partition coefficient (Wildman–Crippen LogP) is 3.16. The van der Waals surface area contributed by atoms with E-state index in [1.54, 1.807) is 0 Å². The SMILES string of the molecule is CCCC(C)NC(=O)COc1c(C)cc(Br)cc1CNC. The first-order chi connectivity index (χ1) is 9.97. The van der Waals surface area contributed by atoms with Gasteiger partial charge in [-0.3, -0.25) is 4.79 Å². The number of ether oxygens (including phenoxy) is 1. The van der Waals surface area contributed by atoms with Crippen molar-refractivity contribution in [2.45, 2.75) is 46.2 Å². The van der Waals surface area contributed by atoms with E-state index in [9.17, 15) is 4.79 Å². The zero-order valence-electron chi connectivity index (χ0n) is 13.3. The Balaban J connectivity index is 2.68. The molecule has 1 amide bonds. The quantitative estimate of drug-likeness (QED) is 0.752. The highest BCUT2D eigenvalue weighted by molar-refractivity contribution is 9.10. The van der Waals surface area contributed by atoms with Gasteiger partial charge in [0, 0.05) is 22.6 Å². The Morgan fingerprint density at radius 3 is 2.76 bits per heavy atom. The fourth-order valence-electron chi connectivity index (χ4n) is 2.29. The van der Waals surface area contributed by atoms with Crippen molar-refractivity contribution in [3.63, 3.8) is 0 Å². The Morgan fingerprint density at radius 2 is 2.14 bits per heavy atom. The van der Waals surface area contributed by atoms with Crippen LogP contribution in [0.25, 0.3) is 0 Å². The highest BCUT2D eigenvalue weighted by Gasteiger charge is 2.12. The van der Waals surface area contributed by atoms with Crippen molar-refractivity contribution >= 4 is 21.8 Å². The zero-order chi connectivity index (χ0) is 15.8. The molecular formula is C16H25BrN2O2. The van der Waals surface area contributed by atoms with E-state index >= 15 is 0 Å². The third-order valence-corrected chi connectivity index (χ3v) is 3.62. The van der Waals surface area contributed by atoms with Gasteiger partial charge in [-0.2, -0.15) is 0 Å². The third kappa shape index (κ3) is 6.06. The lowest BCUT2D eigenvalue weighted by Crippen LogP contribution is -2.36. The van der Waals surface area contributed by atoms with Gasteiger partial charge in [-0.05, 0) is 45.0 Å². The van der Waals surface area contributed by atoms with Crippen molar-refractivity contribution in [1.29, 1.82) is 0 Å². The van der Waals surface area contributed by atoms with Gasteiger partial charge in [0.15, 0.2) is 6.61 Å². The molecule has 21 heavy (non-hydrogen) atoms. The number of nitrogens with one attached hydrogen (secondary N) is 2. The minimum Gasteiger partial charge on any atom is -0.483 e. The lowest BCUT2D eigenvalue weighted by molar-refractivity contribution is -0.123. The molecule has 0 aliphatic carbocycles. The maximum Gasteiger partial charge on any atom is 0.258 e. The summed E-state index contributed by atoms with van der Waals surface area (Å²) in [7, 11) is 1.89. The Morgan fingerprint density at radius 1 is 1.43 bits per heavy atom. The van der Waals surface area contributed by atoms with Crippen molar-refractivity contribution in [3.05, 3.63) is 27.7 Å². The summed E-state index contributed by atoms with van der Waals surface area (Å²) in [5.74, 6) is 0.708. The first-order valence-electron chi connectivity index (χ1n) is 7.33. The van der Waals surface area contributed by atoms with Crippen LogP contribution >= 0.6 is 15.9 Å². The second-order valence-electron chi connectivity index (χ2n) is 5.29. The Bertz CT molecular complexity index is 478. The normalized spacial score (nSPS) is 12.0. The number of carbonyl (C=O) groups excluding carboxylic acids is 1. The summed E-state index contributed by atoms with van der Waals surface area (Å²) in [6.07, 6.45) is 2.04. The van der Waals surface area contributed by atoms with Crippen LogP contribution in [0.2, 0.25) is 0 Å². The molecule has 1 rings (SSSR count).